The summed E-state index contributed by atoms with van der Waals surface area (Å²) in [6, 6.07) is 3.61. The van der Waals surface area contributed by atoms with Gasteiger partial charge in [-0.3, -0.25) is 0 Å². The lowest BCUT2D eigenvalue weighted by Gasteiger charge is -2.34. The van der Waals surface area contributed by atoms with Gasteiger partial charge in [-0.1, -0.05) is 0 Å². The van der Waals surface area contributed by atoms with Crippen molar-refractivity contribution in [3.63, 3.8) is 0 Å². The molecule has 0 bridgehead atoms. The Balaban J connectivity index is 1.96. The molecule has 116 valence electrons. The van der Waals surface area contributed by atoms with Crippen LogP contribution in [0.1, 0.15) is 16.8 Å². The van der Waals surface area contributed by atoms with Crippen LogP contribution in [0, 0.1) is 0 Å². The molecule has 2 rings (SSSR count). The van der Waals surface area contributed by atoms with Crippen LogP contribution in [-0.4, -0.2) is 69.4 Å². The van der Waals surface area contributed by atoms with E-state index in [1.807, 2.05) is 6.07 Å². The molecule has 1 aromatic rings. The fraction of sp³-hybridized carbons (Fsp3) is 0.600. The van der Waals surface area contributed by atoms with Gasteiger partial charge in [0, 0.05) is 25.8 Å². The number of rotatable bonds is 5. The Bertz CT molecular complexity index is 462. The molecule has 2 heterocycles. The lowest BCUT2D eigenvalue weighted by molar-refractivity contribution is 0.0309. The minimum Gasteiger partial charge on any atom is -0.465 e. The molecule has 1 unspecified atom stereocenters. The van der Waals surface area contributed by atoms with Crippen LogP contribution in [0.3, 0.4) is 0 Å². The number of aromatic nitrogens is 1. The molecule has 0 spiro atoms. The SMILES string of the molecule is COC(=O)c1ccc(N2CCOC(CCN(C)C)C2)nc1. The van der Waals surface area contributed by atoms with E-state index in [1.165, 1.54) is 7.11 Å². The summed E-state index contributed by atoms with van der Waals surface area (Å²) in [6.07, 6.45) is 2.79. The van der Waals surface area contributed by atoms with Crippen LogP contribution in [0.25, 0.3) is 0 Å². The molecular formula is C15H23N3O3. The number of carbonyl (C=O) groups is 1. The Morgan fingerprint density at radius 1 is 1.52 bits per heavy atom. The maximum absolute atomic E-state index is 11.4. The van der Waals surface area contributed by atoms with E-state index in [0.29, 0.717) is 12.2 Å². The van der Waals surface area contributed by atoms with Crippen molar-refractivity contribution in [1.29, 1.82) is 0 Å². The third-order valence-corrected chi connectivity index (χ3v) is 3.53. The number of esters is 1. The monoisotopic (exact) mass is 293 g/mol. The second kappa shape index (κ2) is 7.38. The van der Waals surface area contributed by atoms with Crippen molar-refractivity contribution in [3.8, 4) is 0 Å². The summed E-state index contributed by atoms with van der Waals surface area (Å²) in [5.74, 6) is 0.515. The summed E-state index contributed by atoms with van der Waals surface area (Å²) >= 11 is 0. The zero-order chi connectivity index (χ0) is 15.2. The van der Waals surface area contributed by atoms with Crippen LogP contribution in [0.15, 0.2) is 18.3 Å². The van der Waals surface area contributed by atoms with Crippen molar-refractivity contribution in [2.75, 3.05) is 52.3 Å². The largest absolute Gasteiger partial charge is 0.465 e. The highest BCUT2D eigenvalue weighted by Gasteiger charge is 2.21. The molecule has 1 fully saturated rings. The van der Waals surface area contributed by atoms with E-state index in [1.54, 1.807) is 12.3 Å². The van der Waals surface area contributed by atoms with Crippen molar-refractivity contribution in [2.24, 2.45) is 0 Å². The number of ether oxygens (including phenoxy) is 2. The molecule has 1 aromatic heterocycles. The predicted octanol–water partition coefficient (Wildman–Crippen LogP) is 1.03. The van der Waals surface area contributed by atoms with Crippen molar-refractivity contribution in [3.05, 3.63) is 23.9 Å². The second-order valence-corrected chi connectivity index (χ2v) is 5.43. The van der Waals surface area contributed by atoms with E-state index in [0.717, 1.165) is 31.9 Å². The first kappa shape index (κ1) is 15.7. The Hall–Kier alpha value is -1.66. The molecule has 1 aliphatic rings. The number of anilines is 1. The normalized spacial score (nSPS) is 18.9. The summed E-state index contributed by atoms with van der Waals surface area (Å²) in [5.41, 5.74) is 0.471. The maximum atomic E-state index is 11.4. The van der Waals surface area contributed by atoms with Gasteiger partial charge in [-0.15, -0.1) is 0 Å². The summed E-state index contributed by atoms with van der Waals surface area (Å²) < 4.78 is 10.5. The average molecular weight is 293 g/mol. The summed E-state index contributed by atoms with van der Waals surface area (Å²) in [7, 11) is 5.49. The number of hydrogen-bond acceptors (Lipinski definition) is 6. The average Bonchev–Trinajstić information content (AvgIpc) is 2.52. The van der Waals surface area contributed by atoms with Crippen molar-refractivity contribution in [1.82, 2.24) is 9.88 Å². The summed E-state index contributed by atoms with van der Waals surface area (Å²) in [6.45, 7) is 3.37. The first-order chi connectivity index (χ1) is 10.1. The van der Waals surface area contributed by atoms with Gasteiger partial charge in [0.25, 0.3) is 0 Å². The number of carbonyl (C=O) groups excluding carboxylic acids is 1. The van der Waals surface area contributed by atoms with E-state index >= 15 is 0 Å². The third-order valence-electron chi connectivity index (χ3n) is 3.53. The highest BCUT2D eigenvalue weighted by molar-refractivity contribution is 5.89. The van der Waals surface area contributed by atoms with E-state index in [-0.39, 0.29) is 12.1 Å². The number of nitrogens with zero attached hydrogens (tertiary/aromatic N) is 3. The van der Waals surface area contributed by atoms with E-state index in [4.69, 9.17) is 4.74 Å². The molecule has 0 aromatic carbocycles. The van der Waals surface area contributed by atoms with Crippen molar-refractivity contribution >= 4 is 11.8 Å². The second-order valence-electron chi connectivity index (χ2n) is 5.43. The molecule has 0 saturated carbocycles. The van der Waals surface area contributed by atoms with Crippen LogP contribution >= 0.6 is 0 Å². The van der Waals surface area contributed by atoms with Gasteiger partial charge >= 0.3 is 5.97 Å². The lowest BCUT2D eigenvalue weighted by atomic mass is 10.2. The smallest absolute Gasteiger partial charge is 0.339 e. The van der Waals surface area contributed by atoms with E-state index in [9.17, 15) is 4.79 Å². The molecule has 6 heteroatoms. The van der Waals surface area contributed by atoms with Crippen LogP contribution in [-0.2, 0) is 9.47 Å². The molecule has 6 nitrogen and oxygen atoms in total. The molecular weight excluding hydrogens is 270 g/mol. The molecule has 0 amide bonds. The van der Waals surface area contributed by atoms with Crippen LogP contribution in [0.5, 0.6) is 0 Å². The minimum atomic E-state index is -0.361. The van der Waals surface area contributed by atoms with Gasteiger partial charge in [0.2, 0.25) is 0 Å². The predicted molar refractivity (Wildman–Crippen MR) is 80.7 cm³/mol. The first-order valence-corrected chi connectivity index (χ1v) is 7.16. The van der Waals surface area contributed by atoms with Gasteiger partial charge in [0.1, 0.15) is 5.82 Å². The minimum absolute atomic E-state index is 0.225. The molecule has 1 aliphatic heterocycles. The fourth-order valence-electron chi connectivity index (χ4n) is 2.32. The zero-order valence-corrected chi connectivity index (χ0v) is 12.9. The highest BCUT2D eigenvalue weighted by atomic mass is 16.5. The van der Waals surface area contributed by atoms with Gasteiger partial charge in [0.15, 0.2) is 0 Å². The van der Waals surface area contributed by atoms with Gasteiger partial charge in [0.05, 0.1) is 25.4 Å². The molecule has 0 aliphatic carbocycles. The Morgan fingerprint density at radius 3 is 2.95 bits per heavy atom. The summed E-state index contributed by atoms with van der Waals surface area (Å²) in [4.78, 5) is 20.1. The Morgan fingerprint density at radius 2 is 2.33 bits per heavy atom. The molecule has 1 saturated heterocycles. The molecule has 1 atom stereocenters. The fourth-order valence-corrected chi connectivity index (χ4v) is 2.32. The topological polar surface area (TPSA) is 54.9 Å². The Labute approximate surface area is 125 Å². The standard InChI is InChI=1S/C15H23N3O3/c1-17(2)7-6-13-11-18(8-9-21-13)14-5-4-12(10-16-14)15(19)20-3/h4-5,10,13H,6-9,11H2,1-3H3. The molecule has 0 N–H and O–H groups in total. The van der Waals surface area contributed by atoms with Gasteiger partial charge in [-0.2, -0.15) is 0 Å². The zero-order valence-electron chi connectivity index (χ0n) is 12.9. The first-order valence-electron chi connectivity index (χ1n) is 7.16. The maximum Gasteiger partial charge on any atom is 0.339 e. The van der Waals surface area contributed by atoms with Crippen LogP contribution in [0.4, 0.5) is 5.82 Å². The highest BCUT2D eigenvalue weighted by Crippen LogP contribution is 2.17. The van der Waals surface area contributed by atoms with Crippen LogP contribution < -0.4 is 4.90 Å². The van der Waals surface area contributed by atoms with Crippen molar-refractivity contribution < 1.29 is 14.3 Å². The number of morpholine rings is 1. The quantitative estimate of drug-likeness (QED) is 0.756. The summed E-state index contributed by atoms with van der Waals surface area (Å²) in [5, 5.41) is 0. The number of pyridine rings is 1. The van der Waals surface area contributed by atoms with E-state index < -0.39 is 0 Å². The van der Waals surface area contributed by atoms with E-state index in [2.05, 4.69) is 33.6 Å². The van der Waals surface area contributed by atoms with Gasteiger partial charge < -0.3 is 19.3 Å². The van der Waals surface area contributed by atoms with Gasteiger partial charge in [-0.25, -0.2) is 9.78 Å². The van der Waals surface area contributed by atoms with Gasteiger partial charge in [-0.05, 0) is 32.6 Å². The number of methoxy groups -OCH3 is 1. The van der Waals surface area contributed by atoms with Crippen LogP contribution in [0.2, 0.25) is 0 Å². The third kappa shape index (κ3) is 4.41. The molecule has 0 radical (unpaired) electrons. The molecule has 21 heavy (non-hydrogen) atoms. The number of hydrogen-bond donors (Lipinski definition) is 0. The van der Waals surface area contributed by atoms with Crippen molar-refractivity contribution in [2.45, 2.75) is 12.5 Å². The lowest BCUT2D eigenvalue weighted by Crippen LogP contribution is -2.43. The Kier molecular flexibility index (Phi) is 5.52.